The van der Waals surface area contributed by atoms with Crippen LogP contribution in [0.1, 0.15) is 26.7 Å². The summed E-state index contributed by atoms with van der Waals surface area (Å²) in [5, 5.41) is 40.6. The first-order valence-corrected chi connectivity index (χ1v) is 7.49. The van der Waals surface area contributed by atoms with Gasteiger partial charge in [0.15, 0.2) is 5.76 Å². The van der Waals surface area contributed by atoms with Crippen molar-refractivity contribution in [1.29, 1.82) is 0 Å². The number of methoxy groups -OCH3 is 1. The monoisotopic (exact) mass is 344 g/mol. The number of nitrogens with one attached hydrogen (secondary N) is 1. The smallest absolute Gasteiger partial charge is 0.328 e. The zero-order valence-electron chi connectivity index (χ0n) is 13.9. The van der Waals surface area contributed by atoms with E-state index in [9.17, 15) is 24.9 Å². The molecule has 136 valence electrons. The summed E-state index contributed by atoms with van der Waals surface area (Å²) >= 11 is 0. The van der Waals surface area contributed by atoms with Crippen molar-refractivity contribution in [2.75, 3.05) is 20.3 Å². The molecule has 0 bridgehead atoms. The number of rotatable bonds is 8. The summed E-state index contributed by atoms with van der Waals surface area (Å²) in [6.07, 6.45) is -0.153. The third-order valence-electron chi connectivity index (χ3n) is 3.67. The number of aliphatic hydroxyl groups is 2. The van der Waals surface area contributed by atoms with Gasteiger partial charge in [0.05, 0.1) is 30.7 Å². The lowest BCUT2D eigenvalue weighted by Gasteiger charge is -2.34. The fraction of sp³-hybridized carbons (Fsp3) is 0.667. The van der Waals surface area contributed by atoms with Crippen molar-refractivity contribution in [2.45, 2.75) is 38.3 Å². The number of hydrogen-bond donors (Lipinski definition) is 5. The predicted molar refractivity (Wildman–Crippen MR) is 84.6 cm³/mol. The summed E-state index contributed by atoms with van der Waals surface area (Å²) in [4.78, 5) is 26.3. The molecule has 0 amide bonds. The van der Waals surface area contributed by atoms with Crippen molar-refractivity contribution in [2.24, 2.45) is 10.9 Å². The standard InChI is InChI=1S/C15H24N2O7/c1-8(2)12(14(21)22)17-10-5-15(23,7-18)4-9(13(10)24-3)16-6-11(19)20/h8,12,16,18,23H,4-7H2,1-3H3,(H,19,20)(H,21,22)/t12-,15-/m0/s1. The van der Waals surface area contributed by atoms with Gasteiger partial charge in [0.1, 0.15) is 12.6 Å². The largest absolute Gasteiger partial charge is 0.493 e. The van der Waals surface area contributed by atoms with E-state index < -0.39 is 36.7 Å². The van der Waals surface area contributed by atoms with E-state index in [1.807, 2.05) is 0 Å². The summed E-state index contributed by atoms with van der Waals surface area (Å²) in [6.45, 7) is 2.40. The van der Waals surface area contributed by atoms with Gasteiger partial charge in [0.25, 0.3) is 0 Å². The minimum absolute atomic E-state index is 0.0572. The fourth-order valence-corrected chi connectivity index (χ4v) is 2.48. The summed E-state index contributed by atoms with van der Waals surface area (Å²) in [6, 6.07) is -1.05. The number of ether oxygens (including phenoxy) is 1. The molecule has 0 radical (unpaired) electrons. The molecule has 0 aromatic rings. The van der Waals surface area contributed by atoms with E-state index in [1.165, 1.54) is 7.11 Å². The molecule has 24 heavy (non-hydrogen) atoms. The van der Waals surface area contributed by atoms with E-state index in [-0.39, 0.29) is 35.9 Å². The Balaban J connectivity index is 3.33. The van der Waals surface area contributed by atoms with Crippen LogP contribution < -0.4 is 5.32 Å². The molecular weight excluding hydrogens is 320 g/mol. The van der Waals surface area contributed by atoms with E-state index in [1.54, 1.807) is 13.8 Å². The average molecular weight is 344 g/mol. The van der Waals surface area contributed by atoms with Crippen LogP contribution in [0.3, 0.4) is 0 Å². The van der Waals surface area contributed by atoms with Crippen LogP contribution >= 0.6 is 0 Å². The number of nitrogens with zero attached hydrogens (tertiary/aromatic N) is 1. The van der Waals surface area contributed by atoms with Gasteiger partial charge >= 0.3 is 11.9 Å². The van der Waals surface area contributed by atoms with Crippen molar-refractivity contribution in [3.63, 3.8) is 0 Å². The molecule has 1 aliphatic carbocycles. The van der Waals surface area contributed by atoms with Gasteiger partial charge in [-0.25, -0.2) is 4.79 Å². The zero-order valence-corrected chi connectivity index (χ0v) is 13.9. The second-order valence-corrected chi connectivity index (χ2v) is 6.10. The van der Waals surface area contributed by atoms with E-state index in [2.05, 4.69) is 10.3 Å². The van der Waals surface area contributed by atoms with Crippen LogP contribution in [0.5, 0.6) is 0 Å². The maximum atomic E-state index is 11.4. The van der Waals surface area contributed by atoms with Crippen molar-refractivity contribution in [3.05, 3.63) is 11.5 Å². The van der Waals surface area contributed by atoms with Crippen molar-refractivity contribution < 1.29 is 34.8 Å². The third kappa shape index (κ3) is 4.93. The maximum absolute atomic E-state index is 11.4. The number of carboxylic acids is 2. The van der Waals surface area contributed by atoms with Gasteiger partial charge in [-0.05, 0) is 5.92 Å². The zero-order chi connectivity index (χ0) is 18.5. The number of hydrogen-bond acceptors (Lipinski definition) is 7. The molecule has 0 aromatic carbocycles. The van der Waals surface area contributed by atoms with E-state index >= 15 is 0 Å². The minimum atomic E-state index is -1.57. The molecule has 0 unspecified atom stereocenters. The summed E-state index contributed by atoms with van der Waals surface area (Å²) in [7, 11) is 1.35. The van der Waals surface area contributed by atoms with E-state index in [0.29, 0.717) is 0 Å². The average Bonchev–Trinajstić information content (AvgIpc) is 2.49. The summed E-state index contributed by atoms with van der Waals surface area (Å²) in [5.74, 6) is -2.33. The van der Waals surface area contributed by atoms with Gasteiger partial charge in [-0.1, -0.05) is 13.8 Å². The molecule has 5 N–H and O–H groups in total. The number of aliphatic hydroxyl groups excluding tert-OH is 1. The molecule has 1 aliphatic rings. The Kier molecular flexibility index (Phi) is 6.73. The van der Waals surface area contributed by atoms with Crippen LogP contribution in [0.15, 0.2) is 16.4 Å². The van der Waals surface area contributed by atoms with Crippen LogP contribution in [-0.4, -0.2) is 70.0 Å². The molecule has 1 rings (SSSR count). The van der Waals surface area contributed by atoms with Crippen molar-refractivity contribution in [1.82, 2.24) is 5.32 Å². The highest BCUT2D eigenvalue weighted by molar-refractivity contribution is 6.02. The molecule has 0 aromatic heterocycles. The molecule has 0 aliphatic heterocycles. The Bertz CT molecular complexity index is 556. The number of allylic oxidation sites excluding steroid dienone is 1. The quantitative estimate of drug-likeness (QED) is 0.399. The lowest BCUT2D eigenvalue weighted by molar-refractivity contribution is -0.139. The number of aliphatic carboxylic acids is 2. The first kappa shape index (κ1) is 19.9. The molecule has 9 heteroatoms. The van der Waals surface area contributed by atoms with Crippen LogP contribution in [0.2, 0.25) is 0 Å². The number of aliphatic imine (C=N–C) groups is 1. The van der Waals surface area contributed by atoms with Gasteiger partial charge in [-0.2, -0.15) is 0 Å². The van der Waals surface area contributed by atoms with E-state index in [0.717, 1.165) is 0 Å². The number of carboxylic acid groups (broad SMARTS) is 2. The molecular formula is C15H24N2O7. The normalized spacial score (nSPS) is 24.2. The van der Waals surface area contributed by atoms with Crippen LogP contribution in [-0.2, 0) is 14.3 Å². The molecule has 9 nitrogen and oxygen atoms in total. The minimum Gasteiger partial charge on any atom is -0.493 e. The lowest BCUT2D eigenvalue weighted by atomic mass is 9.85. The maximum Gasteiger partial charge on any atom is 0.328 e. The van der Waals surface area contributed by atoms with Crippen LogP contribution in [0.4, 0.5) is 0 Å². The Morgan fingerprint density at radius 1 is 1.33 bits per heavy atom. The first-order valence-electron chi connectivity index (χ1n) is 7.49. The Labute approximate surface area is 139 Å². The topological polar surface area (TPSA) is 149 Å². The summed E-state index contributed by atoms with van der Waals surface area (Å²) < 4.78 is 5.25. The van der Waals surface area contributed by atoms with Crippen LogP contribution in [0, 0.1) is 5.92 Å². The molecule has 0 saturated carbocycles. The number of carbonyl (C=O) groups is 2. The SMILES string of the molecule is COC1=C(NCC(=O)O)C[C@@](O)(CO)CC1=N[C@H](C(=O)O)C(C)C. The third-order valence-corrected chi connectivity index (χ3v) is 3.67. The highest BCUT2D eigenvalue weighted by Crippen LogP contribution is 2.31. The van der Waals surface area contributed by atoms with Gasteiger partial charge in [0.2, 0.25) is 0 Å². The molecule has 0 fully saturated rings. The first-order chi connectivity index (χ1) is 11.1. The Morgan fingerprint density at radius 2 is 1.96 bits per heavy atom. The predicted octanol–water partition coefficient (Wildman–Crippen LogP) is -0.414. The lowest BCUT2D eigenvalue weighted by Crippen LogP contribution is -2.44. The Hall–Kier alpha value is -2.13. The molecule has 2 atom stereocenters. The second kappa shape index (κ2) is 8.11. The van der Waals surface area contributed by atoms with Gasteiger partial charge in [-0.3, -0.25) is 9.79 Å². The second-order valence-electron chi connectivity index (χ2n) is 6.10. The fourth-order valence-electron chi connectivity index (χ4n) is 2.48. The Morgan fingerprint density at radius 3 is 2.38 bits per heavy atom. The highest BCUT2D eigenvalue weighted by Gasteiger charge is 2.38. The van der Waals surface area contributed by atoms with Crippen LogP contribution in [0.25, 0.3) is 0 Å². The molecule has 0 heterocycles. The van der Waals surface area contributed by atoms with Crippen molar-refractivity contribution in [3.8, 4) is 0 Å². The molecule has 0 spiro atoms. The van der Waals surface area contributed by atoms with Gasteiger partial charge in [-0.15, -0.1) is 0 Å². The highest BCUT2D eigenvalue weighted by atomic mass is 16.5. The van der Waals surface area contributed by atoms with Crippen molar-refractivity contribution >= 4 is 17.7 Å². The van der Waals surface area contributed by atoms with Gasteiger partial charge < -0.3 is 30.5 Å². The van der Waals surface area contributed by atoms with E-state index in [4.69, 9.17) is 9.84 Å². The summed E-state index contributed by atoms with van der Waals surface area (Å²) in [5.41, 5.74) is -1.13. The van der Waals surface area contributed by atoms with Gasteiger partial charge in [0, 0.05) is 12.8 Å². The molecule has 0 saturated heterocycles.